The van der Waals surface area contributed by atoms with E-state index < -0.39 is 0 Å². The molecule has 0 radical (unpaired) electrons. The van der Waals surface area contributed by atoms with Gasteiger partial charge in [-0.25, -0.2) is 0 Å². The molecule has 0 spiro atoms. The van der Waals surface area contributed by atoms with Crippen LogP contribution in [0.1, 0.15) is 5.56 Å². The summed E-state index contributed by atoms with van der Waals surface area (Å²) in [6, 6.07) is 3.66. The third-order valence-corrected chi connectivity index (χ3v) is 2.03. The highest BCUT2D eigenvalue weighted by molar-refractivity contribution is 6.50. The van der Waals surface area contributed by atoms with Gasteiger partial charge in [-0.15, -0.1) is 0 Å². The number of aryl methyl sites for hydroxylation is 1. The van der Waals surface area contributed by atoms with Gasteiger partial charge in [0, 0.05) is 0 Å². The van der Waals surface area contributed by atoms with E-state index in [1.165, 1.54) is 11.0 Å². The van der Waals surface area contributed by atoms with E-state index in [2.05, 4.69) is 0 Å². The van der Waals surface area contributed by atoms with E-state index in [1.807, 2.05) is 28.7 Å². The lowest BCUT2D eigenvalue weighted by Crippen LogP contribution is -2.27. The zero-order valence-electron chi connectivity index (χ0n) is 6.60. The highest BCUT2D eigenvalue weighted by Gasteiger charge is 1.99. The van der Waals surface area contributed by atoms with Crippen molar-refractivity contribution >= 4 is 26.6 Å². The topological polar surface area (TPSA) is 20.2 Å². The maximum absolute atomic E-state index is 9.22. The lowest BCUT2D eigenvalue weighted by atomic mass is 9.77. The summed E-state index contributed by atoms with van der Waals surface area (Å²) in [5.41, 5.74) is 3.40. The average Bonchev–Trinajstić information content (AvgIpc) is 1.93. The van der Waals surface area contributed by atoms with Crippen LogP contribution in [-0.4, -0.2) is 20.8 Å². The number of hydrogen-bond acceptors (Lipinski definition) is 1. The molecule has 0 unspecified atom stereocenters. The zero-order valence-corrected chi connectivity index (χ0v) is 6.60. The molecule has 0 atom stereocenters. The van der Waals surface area contributed by atoms with Crippen molar-refractivity contribution in [2.75, 3.05) is 0 Å². The van der Waals surface area contributed by atoms with Gasteiger partial charge in [0.2, 0.25) is 0 Å². The predicted molar refractivity (Wildman–Crippen MR) is 49.2 cm³/mol. The van der Waals surface area contributed by atoms with Crippen molar-refractivity contribution in [3.63, 3.8) is 0 Å². The van der Waals surface area contributed by atoms with Gasteiger partial charge in [0.25, 0.3) is 0 Å². The van der Waals surface area contributed by atoms with Gasteiger partial charge in [0.05, 0.1) is 0 Å². The summed E-state index contributed by atoms with van der Waals surface area (Å²) in [6.45, 7) is 2.04. The molecule has 0 aliphatic heterocycles. The Balaban J connectivity index is 3.34. The van der Waals surface area contributed by atoms with E-state index >= 15 is 0 Å². The van der Waals surface area contributed by atoms with Gasteiger partial charge >= 0.3 is 0 Å². The first-order valence-electron chi connectivity index (χ1n) is 3.38. The van der Waals surface area contributed by atoms with E-state index in [0.29, 0.717) is 5.75 Å². The van der Waals surface area contributed by atoms with E-state index in [-0.39, 0.29) is 0 Å². The molecule has 0 saturated carbocycles. The molecule has 10 heavy (non-hydrogen) atoms. The molecule has 1 N–H and O–H groups in total. The van der Waals surface area contributed by atoms with Gasteiger partial charge < -0.3 is 5.11 Å². The third-order valence-electron chi connectivity index (χ3n) is 2.03. The van der Waals surface area contributed by atoms with Crippen LogP contribution in [-0.2, 0) is 0 Å². The molecule has 0 fully saturated rings. The van der Waals surface area contributed by atoms with Gasteiger partial charge in [-0.05, 0) is 13.0 Å². The standard InChI is InChI=1S/C7H10B2O/c1-4-2-3-5(10)7(9)6(4)8/h2-3,10H,8-9H2,1H3. The monoisotopic (exact) mass is 132 g/mol. The normalized spacial score (nSPS) is 9.70. The Morgan fingerprint density at radius 3 is 2.30 bits per heavy atom. The summed E-state index contributed by atoms with van der Waals surface area (Å²) < 4.78 is 0. The van der Waals surface area contributed by atoms with Gasteiger partial charge in [0.1, 0.15) is 21.4 Å². The summed E-state index contributed by atoms with van der Waals surface area (Å²) in [5.74, 6) is 0.392. The van der Waals surface area contributed by atoms with E-state index in [1.54, 1.807) is 6.07 Å². The summed E-state index contributed by atoms with van der Waals surface area (Å²) in [5, 5.41) is 9.22. The SMILES string of the molecule is Bc1c(C)ccc(O)c1B. The van der Waals surface area contributed by atoms with Crippen molar-refractivity contribution in [2.45, 2.75) is 6.92 Å². The van der Waals surface area contributed by atoms with Gasteiger partial charge in [-0.2, -0.15) is 0 Å². The maximum atomic E-state index is 9.22. The number of benzene rings is 1. The third kappa shape index (κ3) is 1.04. The summed E-state index contributed by atoms with van der Waals surface area (Å²) in [6.07, 6.45) is 0. The van der Waals surface area contributed by atoms with E-state index in [4.69, 9.17) is 0 Å². The largest absolute Gasteiger partial charge is 0.509 e. The van der Waals surface area contributed by atoms with Crippen molar-refractivity contribution < 1.29 is 5.11 Å². The molecule has 0 bridgehead atoms. The minimum Gasteiger partial charge on any atom is -0.509 e. The van der Waals surface area contributed by atoms with Crippen LogP contribution in [0.25, 0.3) is 0 Å². The van der Waals surface area contributed by atoms with Gasteiger partial charge in [0.15, 0.2) is 0 Å². The fraction of sp³-hybridized carbons (Fsp3) is 0.143. The lowest BCUT2D eigenvalue weighted by Gasteiger charge is -2.05. The van der Waals surface area contributed by atoms with Crippen LogP contribution in [0.15, 0.2) is 12.1 Å². The van der Waals surface area contributed by atoms with E-state index in [0.717, 1.165) is 5.46 Å². The number of phenols is 1. The molecule has 3 heteroatoms. The second-order valence-electron chi connectivity index (χ2n) is 2.65. The minimum atomic E-state index is 0.392. The molecular weight excluding hydrogens is 122 g/mol. The van der Waals surface area contributed by atoms with Crippen LogP contribution in [0.4, 0.5) is 0 Å². The Morgan fingerprint density at radius 2 is 1.80 bits per heavy atom. The van der Waals surface area contributed by atoms with Crippen LogP contribution >= 0.6 is 0 Å². The van der Waals surface area contributed by atoms with Crippen molar-refractivity contribution in [3.05, 3.63) is 17.7 Å². The lowest BCUT2D eigenvalue weighted by molar-refractivity contribution is 0.480. The molecule has 0 amide bonds. The predicted octanol–water partition coefficient (Wildman–Crippen LogP) is -1.78. The number of hydrogen-bond donors (Lipinski definition) is 1. The Kier molecular flexibility index (Phi) is 1.75. The Hall–Kier alpha value is -0.850. The van der Waals surface area contributed by atoms with Crippen LogP contribution < -0.4 is 10.9 Å². The van der Waals surface area contributed by atoms with Gasteiger partial charge in [-0.3, -0.25) is 0 Å². The first-order valence-corrected chi connectivity index (χ1v) is 3.38. The van der Waals surface area contributed by atoms with Crippen LogP contribution in [0.3, 0.4) is 0 Å². The maximum Gasteiger partial charge on any atom is 0.143 e. The molecule has 0 aliphatic rings. The molecule has 50 valence electrons. The molecule has 1 aromatic carbocycles. The highest BCUT2D eigenvalue weighted by atomic mass is 16.3. The summed E-state index contributed by atoms with van der Waals surface area (Å²) in [4.78, 5) is 0. The highest BCUT2D eigenvalue weighted by Crippen LogP contribution is 2.01. The first-order chi connectivity index (χ1) is 4.63. The molecular formula is C7H10B2O. The molecule has 1 aromatic rings. The van der Waals surface area contributed by atoms with Crippen molar-refractivity contribution in [1.82, 2.24) is 0 Å². The molecule has 0 saturated heterocycles. The van der Waals surface area contributed by atoms with Crippen molar-refractivity contribution in [3.8, 4) is 5.75 Å². The molecule has 0 heterocycles. The second kappa shape index (κ2) is 2.41. The summed E-state index contributed by atoms with van der Waals surface area (Å²) >= 11 is 0. The Bertz CT molecular complexity index is 231. The molecule has 1 nitrogen and oxygen atoms in total. The van der Waals surface area contributed by atoms with Crippen LogP contribution in [0, 0.1) is 6.92 Å². The molecule has 0 aliphatic carbocycles. The smallest absolute Gasteiger partial charge is 0.143 e. The van der Waals surface area contributed by atoms with Crippen LogP contribution in [0.5, 0.6) is 5.75 Å². The quantitative estimate of drug-likeness (QED) is 0.413. The number of rotatable bonds is 0. The van der Waals surface area contributed by atoms with Crippen molar-refractivity contribution in [2.24, 2.45) is 0 Å². The Morgan fingerprint density at radius 1 is 1.20 bits per heavy atom. The molecule has 0 aromatic heterocycles. The van der Waals surface area contributed by atoms with Gasteiger partial charge in [-0.1, -0.05) is 22.6 Å². The second-order valence-corrected chi connectivity index (χ2v) is 2.65. The summed E-state index contributed by atoms with van der Waals surface area (Å²) in [7, 11) is 3.95. The van der Waals surface area contributed by atoms with Crippen LogP contribution in [0.2, 0.25) is 0 Å². The average molecular weight is 132 g/mol. The zero-order chi connectivity index (χ0) is 7.72. The Labute approximate surface area is 62.9 Å². The van der Waals surface area contributed by atoms with Crippen molar-refractivity contribution in [1.29, 1.82) is 0 Å². The fourth-order valence-electron chi connectivity index (χ4n) is 0.942. The minimum absolute atomic E-state index is 0.392. The number of phenolic OH excluding ortho intramolecular Hbond substituents is 1. The number of aromatic hydroxyl groups is 1. The van der Waals surface area contributed by atoms with E-state index in [9.17, 15) is 5.11 Å². The first kappa shape index (κ1) is 7.26. The molecule has 1 rings (SSSR count). The fourth-order valence-corrected chi connectivity index (χ4v) is 0.942.